The Labute approximate surface area is 118 Å². The molecule has 1 aromatic carbocycles. The van der Waals surface area contributed by atoms with Gasteiger partial charge in [0.2, 0.25) is 5.82 Å². The first-order chi connectivity index (χ1) is 9.36. The summed E-state index contributed by atoms with van der Waals surface area (Å²) in [5.74, 6) is 1.09. The highest BCUT2D eigenvalue weighted by Gasteiger charge is 2.10. The van der Waals surface area contributed by atoms with Gasteiger partial charge in [-0.25, -0.2) is 0 Å². The summed E-state index contributed by atoms with van der Waals surface area (Å²) in [6, 6.07) is 11.7. The minimum atomic E-state index is 0.502. The second kappa shape index (κ2) is 5.32. The van der Waals surface area contributed by atoms with Gasteiger partial charge in [-0.2, -0.15) is 4.98 Å². The lowest BCUT2D eigenvalue weighted by atomic mass is 10.1. The summed E-state index contributed by atoms with van der Waals surface area (Å²) in [5.41, 5.74) is 3.01. The second-order valence-corrected chi connectivity index (χ2v) is 4.55. The lowest BCUT2D eigenvalue weighted by Crippen LogP contribution is -1.83. The van der Waals surface area contributed by atoms with Gasteiger partial charge < -0.3 is 4.52 Å². The maximum Gasteiger partial charge on any atom is 0.258 e. The quantitative estimate of drug-likeness (QED) is 0.692. The number of aromatic nitrogens is 3. The third kappa shape index (κ3) is 2.56. The second-order valence-electron chi connectivity index (χ2n) is 3.99. The summed E-state index contributed by atoms with van der Waals surface area (Å²) in [6.07, 6.45) is 3.40. The molecule has 4 nitrogen and oxygen atoms in total. The minimum absolute atomic E-state index is 0.502. The van der Waals surface area contributed by atoms with Crippen molar-refractivity contribution in [1.82, 2.24) is 15.1 Å². The van der Waals surface area contributed by atoms with Crippen LogP contribution in [-0.4, -0.2) is 15.1 Å². The van der Waals surface area contributed by atoms with Crippen molar-refractivity contribution < 1.29 is 4.52 Å². The summed E-state index contributed by atoms with van der Waals surface area (Å²) in [5, 5.41) is 4.84. The smallest absolute Gasteiger partial charge is 0.258 e. The zero-order valence-corrected chi connectivity index (χ0v) is 11.5. The Morgan fingerprint density at radius 1 is 0.947 bits per heavy atom. The Morgan fingerprint density at radius 3 is 2.37 bits per heavy atom. The van der Waals surface area contributed by atoms with Crippen molar-refractivity contribution in [3.63, 3.8) is 0 Å². The van der Waals surface area contributed by atoms with Gasteiger partial charge in [-0.15, -0.1) is 0 Å². The van der Waals surface area contributed by atoms with Crippen LogP contribution >= 0.6 is 15.9 Å². The predicted octanol–water partition coefficient (Wildman–Crippen LogP) is 3.69. The van der Waals surface area contributed by atoms with E-state index in [1.54, 1.807) is 12.4 Å². The first-order valence-electron chi connectivity index (χ1n) is 5.76. The van der Waals surface area contributed by atoms with E-state index in [4.69, 9.17) is 4.52 Å². The molecule has 0 spiro atoms. The molecule has 19 heavy (non-hydrogen) atoms. The first-order valence-corrected chi connectivity index (χ1v) is 6.88. The number of alkyl halides is 1. The van der Waals surface area contributed by atoms with Crippen LogP contribution in [0.1, 0.15) is 5.56 Å². The summed E-state index contributed by atoms with van der Waals surface area (Å²) in [4.78, 5) is 8.35. The molecule has 2 aromatic heterocycles. The number of halogens is 1. The van der Waals surface area contributed by atoms with Crippen LogP contribution in [0.5, 0.6) is 0 Å². The Morgan fingerprint density at radius 2 is 1.68 bits per heavy atom. The van der Waals surface area contributed by atoms with Gasteiger partial charge in [0.1, 0.15) is 0 Å². The monoisotopic (exact) mass is 315 g/mol. The predicted molar refractivity (Wildman–Crippen MR) is 75.6 cm³/mol. The van der Waals surface area contributed by atoms with Crippen molar-refractivity contribution in [2.24, 2.45) is 0 Å². The molecule has 0 aliphatic rings. The van der Waals surface area contributed by atoms with Gasteiger partial charge in [0.25, 0.3) is 5.89 Å². The van der Waals surface area contributed by atoms with Crippen molar-refractivity contribution in [1.29, 1.82) is 0 Å². The number of pyridine rings is 1. The highest BCUT2D eigenvalue weighted by atomic mass is 79.9. The third-order valence-electron chi connectivity index (χ3n) is 2.72. The number of hydrogen-bond acceptors (Lipinski definition) is 4. The van der Waals surface area contributed by atoms with Gasteiger partial charge in [-0.05, 0) is 17.7 Å². The standard InChI is InChI=1S/C14H10BrN3O/c15-9-10-1-3-11(4-2-10)13-17-14(19-18-13)12-5-7-16-8-6-12/h1-8H,9H2. The molecular formula is C14H10BrN3O. The zero-order chi connectivity index (χ0) is 13.1. The molecule has 94 valence electrons. The van der Waals surface area contributed by atoms with Gasteiger partial charge in [0.05, 0.1) is 0 Å². The molecule has 0 aliphatic heterocycles. The lowest BCUT2D eigenvalue weighted by molar-refractivity contribution is 0.432. The topological polar surface area (TPSA) is 51.8 Å². The summed E-state index contributed by atoms with van der Waals surface area (Å²) < 4.78 is 5.26. The van der Waals surface area contributed by atoms with Gasteiger partial charge in [0, 0.05) is 28.9 Å². The third-order valence-corrected chi connectivity index (χ3v) is 3.37. The van der Waals surface area contributed by atoms with Gasteiger partial charge >= 0.3 is 0 Å². The minimum Gasteiger partial charge on any atom is -0.334 e. The highest BCUT2D eigenvalue weighted by Crippen LogP contribution is 2.22. The Hall–Kier alpha value is -2.01. The molecule has 2 heterocycles. The molecule has 3 rings (SSSR count). The molecule has 0 fully saturated rings. The van der Waals surface area contributed by atoms with Gasteiger partial charge in [-0.3, -0.25) is 4.98 Å². The molecule has 0 N–H and O–H groups in total. The van der Waals surface area contributed by atoms with Crippen molar-refractivity contribution in [3.8, 4) is 22.8 Å². The average molecular weight is 316 g/mol. The Bertz CT molecular complexity index is 665. The van der Waals surface area contributed by atoms with E-state index in [-0.39, 0.29) is 0 Å². The van der Waals surface area contributed by atoms with E-state index in [1.807, 2.05) is 36.4 Å². The summed E-state index contributed by atoms with van der Waals surface area (Å²) >= 11 is 3.42. The van der Waals surface area contributed by atoms with Crippen molar-refractivity contribution in [3.05, 3.63) is 54.4 Å². The van der Waals surface area contributed by atoms with E-state index in [1.165, 1.54) is 5.56 Å². The number of nitrogens with zero attached hydrogens (tertiary/aromatic N) is 3. The van der Waals surface area contributed by atoms with Crippen molar-refractivity contribution in [2.45, 2.75) is 5.33 Å². The lowest BCUT2D eigenvalue weighted by Gasteiger charge is -1.96. The Balaban J connectivity index is 1.92. The average Bonchev–Trinajstić information content (AvgIpc) is 2.98. The molecular weight excluding hydrogens is 306 g/mol. The van der Waals surface area contributed by atoms with Crippen LogP contribution in [0.15, 0.2) is 53.3 Å². The molecule has 0 saturated carbocycles. The highest BCUT2D eigenvalue weighted by molar-refractivity contribution is 9.08. The molecule has 0 unspecified atom stereocenters. The molecule has 0 amide bonds. The molecule has 5 heteroatoms. The van der Waals surface area contributed by atoms with E-state index in [2.05, 4.69) is 31.1 Å². The van der Waals surface area contributed by atoms with Crippen LogP contribution < -0.4 is 0 Å². The summed E-state index contributed by atoms with van der Waals surface area (Å²) in [7, 11) is 0. The van der Waals surface area contributed by atoms with Crippen LogP contribution in [0.2, 0.25) is 0 Å². The van der Waals surface area contributed by atoms with E-state index < -0.39 is 0 Å². The van der Waals surface area contributed by atoms with Gasteiger partial charge in [0.15, 0.2) is 0 Å². The fourth-order valence-corrected chi connectivity index (χ4v) is 2.07. The molecule has 0 saturated heterocycles. The van der Waals surface area contributed by atoms with E-state index in [9.17, 15) is 0 Å². The molecule has 0 atom stereocenters. The normalized spacial score (nSPS) is 10.6. The zero-order valence-electron chi connectivity index (χ0n) is 9.95. The van der Waals surface area contributed by atoms with Crippen LogP contribution in [0.3, 0.4) is 0 Å². The van der Waals surface area contributed by atoms with E-state index in [0.717, 1.165) is 16.5 Å². The molecule has 0 aliphatic carbocycles. The fraction of sp³-hybridized carbons (Fsp3) is 0.0714. The first kappa shape index (κ1) is 12.0. The van der Waals surface area contributed by atoms with Crippen LogP contribution in [0.25, 0.3) is 22.8 Å². The molecule has 0 radical (unpaired) electrons. The van der Waals surface area contributed by atoms with Crippen LogP contribution in [0.4, 0.5) is 0 Å². The van der Waals surface area contributed by atoms with E-state index >= 15 is 0 Å². The van der Waals surface area contributed by atoms with Crippen LogP contribution in [-0.2, 0) is 5.33 Å². The maximum absolute atomic E-state index is 5.26. The van der Waals surface area contributed by atoms with Gasteiger partial charge in [-0.1, -0.05) is 45.4 Å². The largest absolute Gasteiger partial charge is 0.334 e. The molecule has 0 bridgehead atoms. The fourth-order valence-electron chi connectivity index (χ4n) is 1.70. The van der Waals surface area contributed by atoms with Crippen molar-refractivity contribution in [2.75, 3.05) is 0 Å². The number of hydrogen-bond donors (Lipinski definition) is 0. The number of benzene rings is 1. The SMILES string of the molecule is BrCc1ccc(-c2noc(-c3ccncc3)n2)cc1. The van der Waals surface area contributed by atoms with E-state index in [0.29, 0.717) is 11.7 Å². The van der Waals surface area contributed by atoms with Crippen LogP contribution in [0, 0.1) is 0 Å². The van der Waals surface area contributed by atoms with Crippen molar-refractivity contribution >= 4 is 15.9 Å². The maximum atomic E-state index is 5.26. The Kier molecular flexibility index (Phi) is 3.37. The summed E-state index contributed by atoms with van der Waals surface area (Å²) in [6.45, 7) is 0. The number of rotatable bonds is 3. The molecule has 3 aromatic rings.